The van der Waals surface area contributed by atoms with Gasteiger partial charge in [0.25, 0.3) is 11.8 Å². The van der Waals surface area contributed by atoms with Crippen LogP contribution in [-0.2, 0) is 34.7 Å². The number of amides is 2. The van der Waals surface area contributed by atoms with Gasteiger partial charge in [0, 0.05) is 49.6 Å². The molecule has 3 heterocycles. The highest BCUT2D eigenvalue weighted by atomic mass is 35.5. The number of nitrogens with zero attached hydrogens (tertiary/aromatic N) is 6. The molecule has 19 heteroatoms. The molecule has 2 amide bonds. The number of halogens is 4. The lowest BCUT2D eigenvalue weighted by molar-refractivity contribution is -0.164. The topological polar surface area (TPSA) is 152 Å². The Morgan fingerprint density at radius 3 is 1.67 bits per heavy atom. The second-order valence-electron chi connectivity index (χ2n) is 18.8. The number of benzene rings is 2. The Hall–Kier alpha value is -3.98. The van der Waals surface area contributed by atoms with Crippen molar-refractivity contribution in [3.8, 4) is 23.3 Å². The number of ether oxygens (including phenoxy) is 4. The first-order chi connectivity index (χ1) is 31.9. The Labute approximate surface area is 406 Å². The van der Waals surface area contributed by atoms with Gasteiger partial charge >= 0.3 is 6.18 Å². The number of hydrogen-bond donors (Lipinski definition) is 1. The molecule has 67 heavy (non-hydrogen) atoms. The van der Waals surface area contributed by atoms with Crippen LogP contribution in [0, 0.1) is 22.7 Å². The monoisotopic (exact) mass is 986 g/mol. The molecule has 0 spiro atoms. The minimum atomic E-state index is -5.22. The fraction of sp³-hybridized carbons (Fsp3) is 0.625. The van der Waals surface area contributed by atoms with E-state index in [9.17, 15) is 25.2 Å². The number of nitriles is 2. The predicted octanol–water partition coefficient (Wildman–Crippen LogP) is 9.16. The molecule has 0 bridgehead atoms. The Bertz CT molecular complexity index is 2300. The van der Waals surface area contributed by atoms with Gasteiger partial charge in [0.05, 0.1) is 58.0 Å². The summed E-state index contributed by atoms with van der Waals surface area (Å²) in [7, 11) is 0. The average Bonchev–Trinajstić information content (AvgIpc) is 3.59. The number of carbonyl (C=O) groups excluding carboxylic acids is 2. The standard InChI is InChI=1S/C48H58ClF3N6O7S2/c1-46(2)42(60)55(44(66)57(46)31-12-16-33(17-13-31)62-24-7-22-59)35-20-10-29(27-53)40(48(50,51)52)38(35)39-36(21-11-30(28-54)41(39)49)56-43(61)47(3,4)58(45(56)67)32-14-18-34(19-15-32)63-25-8-26-65-37-9-5-6-23-64-37/h10-11,20-21,31-34,37,59H,5-9,12-19,22-26H2,1-4H3. The van der Waals surface area contributed by atoms with E-state index in [1.807, 2.05) is 11.0 Å². The molecule has 5 aliphatic rings. The SMILES string of the molecule is CC1(C)C(=O)N(c2ccc(C#N)c(Cl)c2-c2c(N3C(=O)C(C)(C)N(C4CCC(OCCCO)CC4)C3=S)ccc(C#N)c2C(F)(F)F)C(=S)N1C1CCC(OCCCOC2CCCCO2)CC1. The first-order valence-corrected chi connectivity index (χ1v) is 24.4. The van der Waals surface area contributed by atoms with Crippen molar-refractivity contribution in [3.63, 3.8) is 0 Å². The summed E-state index contributed by atoms with van der Waals surface area (Å²) in [4.78, 5) is 35.4. The summed E-state index contributed by atoms with van der Waals surface area (Å²) in [6.07, 6.45) is 3.82. The van der Waals surface area contributed by atoms with Crippen molar-refractivity contribution in [1.29, 1.82) is 10.5 Å². The third kappa shape index (κ3) is 10.1. The van der Waals surface area contributed by atoms with Crippen LogP contribution < -0.4 is 9.80 Å². The molecule has 0 radical (unpaired) electrons. The number of hydrogen-bond acceptors (Lipinski definition) is 11. The average molecular weight is 988 g/mol. The van der Waals surface area contributed by atoms with Crippen molar-refractivity contribution in [2.75, 3.05) is 42.8 Å². The zero-order valence-electron chi connectivity index (χ0n) is 38.3. The zero-order chi connectivity index (χ0) is 48.4. The third-order valence-corrected chi connectivity index (χ3v) is 14.9. The Kier molecular flexibility index (Phi) is 15.9. The molecule has 2 saturated carbocycles. The Morgan fingerprint density at radius 1 is 0.731 bits per heavy atom. The molecule has 7 rings (SSSR count). The van der Waals surface area contributed by atoms with Crippen molar-refractivity contribution in [2.24, 2.45) is 0 Å². The summed E-state index contributed by atoms with van der Waals surface area (Å²) in [6, 6.07) is 7.99. The molecule has 1 unspecified atom stereocenters. The number of aliphatic hydroxyl groups is 1. The second-order valence-corrected chi connectivity index (χ2v) is 19.9. The van der Waals surface area contributed by atoms with Crippen LogP contribution in [0.5, 0.6) is 0 Å². The molecule has 3 aliphatic heterocycles. The van der Waals surface area contributed by atoms with Crippen molar-refractivity contribution in [3.05, 3.63) is 46.0 Å². The van der Waals surface area contributed by atoms with Crippen LogP contribution in [-0.4, -0.2) is 112 Å². The lowest BCUT2D eigenvalue weighted by atomic mass is 9.89. The molecule has 1 atom stereocenters. The number of carbonyl (C=O) groups is 2. The van der Waals surface area contributed by atoms with E-state index in [1.54, 1.807) is 38.7 Å². The summed E-state index contributed by atoms with van der Waals surface area (Å²) in [5, 5.41) is 29.3. The Balaban J connectivity index is 1.22. The molecule has 2 aliphatic carbocycles. The first kappa shape index (κ1) is 50.9. The van der Waals surface area contributed by atoms with E-state index in [0.29, 0.717) is 84.2 Å². The van der Waals surface area contributed by atoms with Crippen LogP contribution >= 0.6 is 36.0 Å². The van der Waals surface area contributed by atoms with E-state index in [2.05, 4.69) is 0 Å². The molecular formula is C48H58ClF3N6O7S2. The largest absolute Gasteiger partial charge is 0.418 e. The van der Waals surface area contributed by atoms with Crippen molar-refractivity contribution >= 4 is 69.5 Å². The molecule has 3 saturated heterocycles. The highest BCUT2D eigenvalue weighted by Crippen LogP contribution is 2.53. The number of anilines is 2. The maximum Gasteiger partial charge on any atom is 0.418 e. The summed E-state index contributed by atoms with van der Waals surface area (Å²) in [5.74, 6) is -1.16. The molecular weight excluding hydrogens is 929 g/mol. The number of alkyl halides is 3. The van der Waals surface area contributed by atoms with Gasteiger partial charge in [-0.15, -0.1) is 0 Å². The van der Waals surface area contributed by atoms with Crippen LogP contribution in [0.3, 0.4) is 0 Å². The van der Waals surface area contributed by atoms with E-state index >= 15 is 13.2 Å². The fourth-order valence-corrected chi connectivity index (χ4v) is 11.8. The van der Waals surface area contributed by atoms with Crippen LogP contribution in [0.4, 0.5) is 24.5 Å². The molecule has 2 aromatic carbocycles. The Morgan fingerprint density at radius 2 is 1.21 bits per heavy atom. The van der Waals surface area contributed by atoms with E-state index in [4.69, 9.17) is 55.0 Å². The molecule has 1 N–H and O–H groups in total. The summed E-state index contributed by atoms with van der Waals surface area (Å²) >= 11 is 19.2. The second kappa shape index (κ2) is 20.9. The van der Waals surface area contributed by atoms with Crippen LogP contribution in [0.25, 0.3) is 11.1 Å². The van der Waals surface area contributed by atoms with Gasteiger partial charge in [0.15, 0.2) is 16.5 Å². The van der Waals surface area contributed by atoms with E-state index in [1.165, 1.54) is 23.1 Å². The predicted molar refractivity (Wildman–Crippen MR) is 253 cm³/mol. The number of rotatable bonds is 15. The number of thiocarbonyl (C=S) groups is 2. The van der Waals surface area contributed by atoms with Gasteiger partial charge in [0.1, 0.15) is 17.1 Å². The smallest absolute Gasteiger partial charge is 0.396 e. The fourth-order valence-electron chi connectivity index (χ4n) is 10.4. The minimum absolute atomic E-state index is 0.00786. The van der Waals surface area contributed by atoms with E-state index < -0.39 is 56.3 Å². The van der Waals surface area contributed by atoms with Gasteiger partial charge in [-0.1, -0.05) is 11.6 Å². The van der Waals surface area contributed by atoms with E-state index in [0.717, 1.165) is 36.6 Å². The van der Waals surface area contributed by atoms with Crippen molar-refractivity contribution < 1.29 is 46.8 Å². The maximum absolute atomic E-state index is 15.8. The normalized spacial score (nSPS) is 25.5. The molecule has 2 aromatic rings. The first-order valence-electron chi connectivity index (χ1n) is 23.2. The molecule has 13 nitrogen and oxygen atoms in total. The maximum atomic E-state index is 15.8. The molecule has 362 valence electrons. The minimum Gasteiger partial charge on any atom is -0.396 e. The van der Waals surface area contributed by atoms with Crippen molar-refractivity contribution in [2.45, 2.75) is 159 Å². The van der Waals surface area contributed by atoms with Gasteiger partial charge in [-0.05, 0) is 160 Å². The third-order valence-electron chi connectivity index (χ3n) is 13.8. The van der Waals surface area contributed by atoms with Gasteiger partial charge in [-0.3, -0.25) is 19.4 Å². The summed E-state index contributed by atoms with van der Waals surface area (Å²) < 4.78 is 71.0. The quantitative estimate of drug-likeness (QED) is 0.134. The lowest BCUT2D eigenvalue weighted by Gasteiger charge is -2.40. The van der Waals surface area contributed by atoms with E-state index in [-0.39, 0.29) is 64.4 Å². The highest BCUT2D eigenvalue weighted by molar-refractivity contribution is 7.80. The summed E-state index contributed by atoms with van der Waals surface area (Å²) in [6.45, 7) is 8.92. The highest BCUT2D eigenvalue weighted by Gasteiger charge is 2.56. The lowest BCUT2D eigenvalue weighted by Crippen LogP contribution is -2.51. The van der Waals surface area contributed by atoms with Crippen LogP contribution in [0.2, 0.25) is 5.02 Å². The zero-order valence-corrected chi connectivity index (χ0v) is 40.7. The van der Waals surface area contributed by atoms with Gasteiger partial charge in [-0.2, -0.15) is 23.7 Å². The van der Waals surface area contributed by atoms with Crippen LogP contribution in [0.1, 0.15) is 128 Å². The summed E-state index contributed by atoms with van der Waals surface area (Å²) in [5.41, 5.74) is -6.56. The van der Waals surface area contributed by atoms with Crippen LogP contribution in [0.15, 0.2) is 24.3 Å². The molecule has 0 aromatic heterocycles. The van der Waals surface area contributed by atoms with Crippen molar-refractivity contribution in [1.82, 2.24) is 9.80 Å². The van der Waals surface area contributed by atoms with Gasteiger partial charge in [-0.25, -0.2) is 0 Å². The van der Waals surface area contributed by atoms with Gasteiger partial charge < -0.3 is 33.9 Å². The van der Waals surface area contributed by atoms with Gasteiger partial charge in [0.2, 0.25) is 0 Å². The number of aliphatic hydroxyl groups excluding tert-OH is 1. The molecule has 5 fully saturated rings.